The highest BCUT2D eigenvalue weighted by molar-refractivity contribution is 14.0. The average Bonchev–Trinajstić information content (AvgIpc) is 2.59. The van der Waals surface area contributed by atoms with Gasteiger partial charge in [-0.1, -0.05) is 18.2 Å². The lowest BCUT2D eigenvalue weighted by Crippen LogP contribution is -2.42. The minimum atomic E-state index is 0. The van der Waals surface area contributed by atoms with Crippen LogP contribution in [0.15, 0.2) is 41.4 Å². The second-order valence-corrected chi connectivity index (χ2v) is 6.55. The predicted molar refractivity (Wildman–Crippen MR) is 110 cm³/mol. The smallest absolute Gasteiger partial charge is 0.191 e. The SMILES string of the molecule is COc1ccc2cc(CN=C(N)N3CCSCC3)ccc2c1.I. The number of fused-ring (bicyclic) bond motifs is 1. The molecule has 0 atom stereocenters. The van der Waals surface area contributed by atoms with E-state index in [1.807, 2.05) is 23.9 Å². The maximum atomic E-state index is 6.10. The Morgan fingerprint density at radius 2 is 1.87 bits per heavy atom. The van der Waals surface area contributed by atoms with E-state index in [0.29, 0.717) is 12.5 Å². The van der Waals surface area contributed by atoms with Crippen molar-refractivity contribution < 1.29 is 4.74 Å². The number of halogens is 1. The lowest BCUT2D eigenvalue weighted by Gasteiger charge is -2.27. The van der Waals surface area contributed by atoms with E-state index in [9.17, 15) is 0 Å². The van der Waals surface area contributed by atoms with Gasteiger partial charge < -0.3 is 15.4 Å². The molecule has 124 valence electrons. The molecule has 0 amide bonds. The first-order chi connectivity index (χ1) is 10.8. The number of hydrogen-bond acceptors (Lipinski definition) is 3. The Bertz CT molecular complexity index is 687. The Morgan fingerprint density at radius 1 is 1.17 bits per heavy atom. The van der Waals surface area contributed by atoms with Crippen molar-refractivity contribution in [2.75, 3.05) is 31.7 Å². The van der Waals surface area contributed by atoms with E-state index in [-0.39, 0.29) is 24.0 Å². The molecule has 1 aliphatic rings. The van der Waals surface area contributed by atoms with E-state index in [0.717, 1.165) is 30.3 Å². The van der Waals surface area contributed by atoms with Crippen molar-refractivity contribution in [1.29, 1.82) is 0 Å². The molecule has 1 aliphatic heterocycles. The Kier molecular flexibility index (Phi) is 6.83. The lowest BCUT2D eigenvalue weighted by molar-refractivity contribution is 0.415. The van der Waals surface area contributed by atoms with Crippen LogP contribution in [0, 0.1) is 0 Å². The molecule has 0 aliphatic carbocycles. The summed E-state index contributed by atoms with van der Waals surface area (Å²) in [5.74, 6) is 3.81. The van der Waals surface area contributed by atoms with E-state index in [4.69, 9.17) is 10.5 Å². The zero-order chi connectivity index (χ0) is 15.4. The molecule has 1 saturated heterocycles. The molecule has 4 nitrogen and oxygen atoms in total. The third kappa shape index (κ3) is 4.67. The van der Waals surface area contributed by atoms with Crippen LogP contribution in [0.2, 0.25) is 0 Å². The Morgan fingerprint density at radius 3 is 2.61 bits per heavy atom. The number of nitrogens with zero attached hydrogens (tertiary/aromatic N) is 2. The fourth-order valence-electron chi connectivity index (χ4n) is 2.56. The van der Waals surface area contributed by atoms with Crippen LogP contribution < -0.4 is 10.5 Å². The van der Waals surface area contributed by atoms with Crippen LogP contribution in [0.3, 0.4) is 0 Å². The zero-order valence-electron chi connectivity index (χ0n) is 13.2. The number of guanidine groups is 1. The highest BCUT2D eigenvalue weighted by atomic mass is 127. The number of benzene rings is 2. The van der Waals surface area contributed by atoms with Crippen LogP contribution >= 0.6 is 35.7 Å². The maximum Gasteiger partial charge on any atom is 0.191 e. The van der Waals surface area contributed by atoms with Gasteiger partial charge in [0.25, 0.3) is 0 Å². The van der Waals surface area contributed by atoms with Gasteiger partial charge in [-0.3, -0.25) is 0 Å². The van der Waals surface area contributed by atoms with Gasteiger partial charge in [0, 0.05) is 24.6 Å². The summed E-state index contributed by atoms with van der Waals surface area (Å²) in [5.41, 5.74) is 7.27. The van der Waals surface area contributed by atoms with Crippen molar-refractivity contribution in [3.63, 3.8) is 0 Å². The highest BCUT2D eigenvalue weighted by Crippen LogP contribution is 2.22. The Balaban J connectivity index is 0.00000192. The largest absolute Gasteiger partial charge is 0.497 e. The number of methoxy groups -OCH3 is 1. The van der Waals surface area contributed by atoms with Crippen LogP contribution in [-0.2, 0) is 6.54 Å². The van der Waals surface area contributed by atoms with E-state index in [1.165, 1.54) is 16.3 Å². The molecule has 3 rings (SSSR count). The topological polar surface area (TPSA) is 50.9 Å². The fourth-order valence-corrected chi connectivity index (χ4v) is 3.47. The summed E-state index contributed by atoms with van der Waals surface area (Å²) in [5, 5.41) is 2.37. The normalized spacial score (nSPS) is 15.3. The lowest BCUT2D eigenvalue weighted by atomic mass is 10.1. The molecular formula is C17H22IN3OS. The third-order valence-corrected chi connectivity index (χ3v) is 4.81. The number of ether oxygens (including phenoxy) is 1. The molecule has 0 radical (unpaired) electrons. The van der Waals surface area contributed by atoms with E-state index in [2.05, 4.69) is 34.2 Å². The summed E-state index contributed by atoms with van der Waals surface area (Å²) in [6, 6.07) is 12.5. The minimum Gasteiger partial charge on any atom is -0.497 e. The van der Waals surface area contributed by atoms with Crippen LogP contribution in [0.1, 0.15) is 5.56 Å². The van der Waals surface area contributed by atoms with E-state index < -0.39 is 0 Å². The van der Waals surface area contributed by atoms with Gasteiger partial charge in [-0.2, -0.15) is 11.8 Å². The van der Waals surface area contributed by atoms with Gasteiger partial charge in [-0.05, 0) is 34.5 Å². The second-order valence-electron chi connectivity index (χ2n) is 5.32. The third-order valence-electron chi connectivity index (χ3n) is 3.87. The number of hydrogen-bond donors (Lipinski definition) is 1. The molecule has 0 unspecified atom stereocenters. The van der Waals surface area contributed by atoms with Crippen molar-refractivity contribution in [2.45, 2.75) is 6.54 Å². The minimum absolute atomic E-state index is 0. The summed E-state index contributed by atoms with van der Waals surface area (Å²) >= 11 is 1.97. The molecule has 0 aromatic heterocycles. The van der Waals surface area contributed by atoms with Gasteiger partial charge in [0.2, 0.25) is 0 Å². The molecule has 0 bridgehead atoms. The van der Waals surface area contributed by atoms with E-state index in [1.54, 1.807) is 7.11 Å². The first-order valence-electron chi connectivity index (χ1n) is 7.45. The van der Waals surface area contributed by atoms with Crippen LogP contribution in [-0.4, -0.2) is 42.6 Å². The summed E-state index contributed by atoms with van der Waals surface area (Å²) in [4.78, 5) is 6.71. The van der Waals surface area contributed by atoms with Gasteiger partial charge in [-0.25, -0.2) is 4.99 Å². The number of thioether (sulfide) groups is 1. The summed E-state index contributed by atoms with van der Waals surface area (Å²) in [6.45, 7) is 2.62. The molecule has 2 aromatic carbocycles. The molecule has 2 N–H and O–H groups in total. The maximum absolute atomic E-state index is 6.10. The standard InChI is InChI=1S/C17H21N3OS.HI/c1-21-16-5-4-14-10-13(2-3-15(14)11-16)12-19-17(18)20-6-8-22-9-7-20;/h2-5,10-11H,6-9,12H2,1H3,(H2,18,19);1H. The zero-order valence-corrected chi connectivity index (χ0v) is 16.3. The van der Waals surface area contributed by atoms with Crippen LogP contribution in [0.4, 0.5) is 0 Å². The highest BCUT2D eigenvalue weighted by Gasteiger charge is 2.11. The molecule has 23 heavy (non-hydrogen) atoms. The van der Waals surface area contributed by atoms with Gasteiger partial charge in [-0.15, -0.1) is 24.0 Å². The molecule has 1 heterocycles. The number of aliphatic imine (C=N–C) groups is 1. The summed E-state index contributed by atoms with van der Waals surface area (Å²) in [7, 11) is 1.69. The summed E-state index contributed by atoms with van der Waals surface area (Å²) < 4.78 is 5.25. The molecule has 2 aromatic rings. The monoisotopic (exact) mass is 443 g/mol. The van der Waals surface area contributed by atoms with E-state index >= 15 is 0 Å². The summed E-state index contributed by atoms with van der Waals surface area (Å²) in [6.07, 6.45) is 0. The number of nitrogens with two attached hydrogens (primary N) is 1. The van der Waals surface area contributed by atoms with Crippen molar-refractivity contribution in [3.8, 4) is 5.75 Å². The van der Waals surface area contributed by atoms with Crippen LogP contribution in [0.5, 0.6) is 5.75 Å². The van der Waals surface area contributed by atoms with Crippen molar-refractivity contribution in [3.05, 3.63) is 42.0 Å². The number of rotatable bonds is 3. The first-order valence-corrected chi connectivity index (χ1v) is 8.61. The van der Waals surface area contributed by atoms with Crippen molar-refractivity contribution >= 4 is 52.5 Å². The molecule has 0 saturated carbocycles. The average molecular weight is 443 g/mol. The molecule has 0 spiro atoms. The Hall–Kier alpha value is -1.15. The molecular weight excluding hydrogens is 421 g/mol. The van der Waals surface area contributed by atoms with Crippen molar-refractivity contribution in [1.82, 2.24) is 4.90 Å². The fraction of sp³-hybridized carbons (Fsp3) is 0.353. The van der Waals surface area contributed by atoms with Gasteiger partial charge in [0.05, 0.1) is 13.7 Å². The van der Waals surface area contributed by atoms with Gasteiger partial charge in [0.1, 0.15) is 5.75 Å². The van der Waals surface area contributed by atoms with Gasteiger partial charge >= 0.3 is 0 Å². The molecule has 6 heteroatoms. The first kappa shape index (κ1) is 18.2. The second kappa shape index (κ2) is 8.63. The Labute approximate surface area is 158 Å². The predicted octanol–water partition coefficient (Wildman–Crippen LogP) is 3.33. The van der Waals surface area contributed by atoms with Crippen LogP contribution in [0.25, 0.3) is 10.8 Å². The van der Waals surface area contributed by atoms with Gasteiger partial charge in [0.15, 0.2) is 5.96 Å². The van der Waals surface area contributed by atoms with Crippen molar-refractivity contribution in [2.24, 2.45) is 10.7 Å². The quantitative estimate of drug-likeness (QED) is 0.449. The molecule has 1 fully saturated rings.